The van der Waals surface area contributed by atoms with E-state index in [9.17, 15) is 4.39 Å². The van der Waals surface area contributed by atoms with Gasteiger partial charge in [-0.3, -0.25) is 0 Å². The Morgan fingerprint density at radius 2 is 1.74 bits per heavy atom. The maximum atomic E-state index is 13.4. The molecule has 4 heteroatoms. The van der Waals surface area contributed by atoms with Crippen LogP contribution in [0.1, 0.15) is 0 Å². The largest absolute Gasteiger partial charge is 0.347 e. The number of rotatable bonds is 4. The summed E-state index contributed by atoms with van der Waals surface area (Å²) >= 11 is 6.48. The van der Waals surface area contributed by atoms with Crippen molar-refractivity contribution >= 4 is 34.7 Å². The van der Waals surface area contributed by atoms with Crippen LogP contribution in [-0.4, -0.2) is 4.99 Å². The van der Waals surface area contributed by atoms with Gasteiger partial charge in [-0.15, -0.1) is 0 Å². The van der Waals surface area contributed by atoms with Crippen LogP contribution < -0.4 is 5.32 Å². The highest BCUT2D eigenvalue weighted by atomic mass is 32.2. The first-order valence-electron chi connectivity index (χ1n) is 5.69. The number of nitrogens with one attached hydrogen (secondary N) is 1. The highest BCUT2D eigenvalue weighted by molar-refractivity contribution is 8.02. The summed E-state index contributed by atoms with van der Waals surface area (Å²) in [5.74, 6) is -0.223. The summed E-state index contributed by atoms with van der Waals surface area (Å²) in [6.45, 7) is 0. The molecular weight excluding hydrogens is 277 g/mol. The van der Waals surface area contributed by atoms with Crippen molar-refractivity contribution in [1.82, 2.24) is 0 Å². The van der Waals surface area contributed by atoms with Crippen molar-refractivity contribution in [2.24, 2.45) is 0 Å². The summed E-state index contributed by atoms with van der Waals surface area (Å²) in [6.07, 6.45) is 1.75. The number of para-hydroxylation sites is 1. The van der Waals surface area contributed by atoms with Crippen molar-refractivity contribution < 1.29 is 4.39 Å². The monoisotopic (exact) mass is 289 g/mol. The van der Waals surface area contributed by atoms with Gasteiger partial charge in [0.05, 0.1) is 0 Å². The van der Waals surface area contributed by atoms with E-state index in [1.54, 1.807) is 29.7 Å². The topological polar surface area (TPSA) is 12.0 Å². The van der Waals surface area contributed by atoms with E-state index >= 15 is 0 Å². The fourth-order valence-corrected chi connectivity index (χ4v) is 2.38. The van der Waals surface area contributed by atoms with E-state index < -0.39 is 0 Å². The fourth-order valence-electron chi connectivity index (χ4n) is 1.41. The first-order chi connectivity index (χ1) is 9.25. The lowest BCUT2D eigenvalue weighted by Crippen LogP contribution is -2.04. The number of thiocarbonyl (C=S) groups is 1. The summed E-state index contributed by atoms with van der Waals surface area (Å²) < 4.78 is 13.4. The van der Waals surface area contributed by atoms with Crippen LogP contribution in [0, 0.1) is 5.82 Å². The molecule has 0 saturated heterocycles. The smallest absolute Gasteiger partial charge is 0.137 e. The van der Waals surface area contributed by atoms with Crippen LogP contribution in [0.4, 0.5) is 10.1 Å². The van der Waals surface area contributed by atoms with Crippen LogP contribution in [-0.2, 0) is 0 Å². The van der Waals surface area contributed by atoms with E-state index in [2.05, 4.69) is 5.32 Å². The molecule has 0 radical (unpaired) electrons. The molecule has 0 bridgehead atoms. The lowest BCUT2D eigenvalue weighted by Gasteiger charge is -2.03. The van der Waals surface area contributed by atoms with Gasteiger partial charge in [-0.25, -0.2) is 4.39 Å². The minimum Gasteiger partial charge on any atom is -0.347 e. The van der Waals surface area contributed by atoms with E-state index in [0.717, 1.165) is 5.69 Å². The highest BCUT2D eigenvalue weighted by Crippen LogP contribution is 2.22. The number of halogens is 1. The second-order valence-electron chi connectivity index (χ2n) is 3.71. The van der Waals surface area contributed by atoms with Crippen LogP contribution in [0.2, 0.25) is 0 Å². The van der Waals surface area contributed by atoms with Crippen LogP contribution >= 0.6 is 24.0 Å². The number of thioether (sulfide) groups is 1. The Balaban J connectivity index is 1.89. The van der Waals surface area contributed by atoms with E-state index in [4.69, 9.17) is 12.2 Å². The average molecular weight is 289 g/mol. The zero-order valence-electron chi connectivity index (χ0n) is 10.0. The van der Waals surface area contributed by atoms with E-state index in [1.807, 2.05) is 30.3 Å². The standard InChI is InChI=1S/C15H12FNS2/c16-13-8-4-5-9-14(13)19-11-10-15(18)17-12-6-2-1-3-7-12/h1-11H,(H,17,18). The zero-order valence-corrected chi connectivity index (χ0v) is 11.7. The summed E-state index contributed by atoms with van der Waals surface area (Å²) in [5.41, 5.74) is 0.938. The van der Waals surface area contributed by atoms with E-state index in [0.29, 0.717) is 9.88 Å². The van der Waals surface area contributed by atoms with Crippen LogP contribution in [0.5, 0.6) is 0 Å². The summed E-state index contributed by atoms with van der Waals surface area (Å²) in [5, 5.41) is 4.85. The minimum absolute atomic E-state index is 0.223. The van der Waals surface area contributed by atoms with Crippen molar-refractivity contribution in [2.45, 2.75) is 4.90 Å². The molecule has 0 heterocycles. The maximum absolute atomic E-state index is 13.4. The molecule has 0 spiro atoms. The summed E-state index contributed by atoms with van der Waals surface area (Å²) in [4.78, 5) is 1.18. The second-order valence-corrected chi connectivity index (χ2v) is 5.09. The Bertz CT molecular complexity index is 582. The molecule has 0 saturated carbocycles. The molecule has 0 amide bonds. The molecule has 0 aliphatic carbocycles. The van der Waals surface area contributed by atoms with Crippen LogP contribution in [0.3, 0.4) is 0 Å². The van der Waals surface area contributed by atoms with Gasteiger partial charge < -0.3 is 5.32 Å². The predicted octanol–water partition coefficient (Wildman–Crippen LogP) is 4.87. The second kappa shape index (κ2) is 7.07. The molecule has 2 aromatic rings. The molecule has 2 aromatic carbocycles. The molecule has 0 atom stereocenters. The maximum Gasteiger partial charge on any atom is 0.137 e. The lowest BCUT2D eigenvalue weighted by molar-refractivity contribution is 0.602. The van der Waals surface area contributed by atoms with Gasteiger partial charge in [0.1, 0.15) is 10.8 Å². The number of benzene rings is 2. The zero-order chi connectivity index (χ0) is 13.5. The third-order valence-corrected chi connectivity index (χ3v) is 3.39. The third-order valence-electron chi connectivity index (χ3n) is 2.29. The molecule has 0 unspecified atom stereocenters. The normalized spacial score (nSPS) is 10.6. The molecule has 0 fully saturated rings. The molecule has 0 aliphatic rings. The minimum atomic E-state index is -0.223. The average Bonchev–Trinajstić information content (AvgIpc) is 2.42. The van der Waals surface area contributed by atoms with Crippen LogP contribution in [0.25, 0.3) is 0 Å². The fraction of sp³-hybridized carbons (Fsp3) is 0. The lowest BCUT2D eigenvalue weighted by atomic mass is 10.3. The summed E-state index contributed by atoms with van der Waals surface area (Å²) in [7, 11) is 0. The molecule has 0 aromatic heterocycles. The molecule has 0 aliphatic heterocycles. The van der Waals surface area contributed by atoms with Gasteiger partial charge >= 0.3 is 0 Å². The number of anilines is 1. The van der Waals surface area contributed by atoms with Gasteiger partial charge in [-0.1, -0.05) is 54.3 Å². The Labute approximate surface area is 121 Å². The van der Waals surface area contributed by atoms with Crippen molar-refractivity contribution in [1.29, 1.82) is 0 Å². The SMILES string of the molecule is Fc1ccccc1SC=CC(=S)Nc1ccccc1. The van der Waals surface area contributed by atoms with Crippen LogP contribution in [0.15, 0.2) is 71.0 Å². The molecule has 1 nitrogen and oxygen atoms in total. The first-order valence-corrected chi connectivity index (χ1v) is 6.98. The molecular formula is C15H12FNS2. The Hall–Kier alpha value is -1.65. The Kier molecular flexibility index (Phi) is 5.12. The Morgan fingerprint density at radius 1 is 1.05 bits per heavy atom. The van der Waals surface area contributed by atoms with Gasteiger partial charge in [0.15, 0.2) is 0 Å². The third kappa shape index (κ3) is 4.50. The highest BCUT2D eigenvalue weighted by Gasteiger charge is 1.98. The van der Waals surface area contributed by atoms with E-state index in [1.165, 1.54) is 17.8 Å². The van der Waals surface area contributed by atoms with Crippen molar-refractivity contribution in [3.63, 3.8) is 0 Å². The van der Waals surface area contributed by atoms with E-state index in [-0.39, 0.29) is 5.82 Å². The molecule has 96 valence electrons. The van der Waals surface area contributed by atoms with Crippen molar-refractivity contribution in [3.05, 3.63) is 71.9 Å². The van der Waals surface area contributed by atoms with Gasteiger partial charge in [-0.05, 0) is 35.7 Å². The van der Waals surface area contributed by atoms with Gasteiger partial charge in [0.25, 0.3) is 0 Å². The molecule has 1 N–H and O–H groups in total. The van der Waals surface area contributed by atoms with Gasteiger partial charge in [0, 0.05) is 10.6 Å². The first kappa shape index (κ1) is 13.8. The molecule has 19 heavy (non-hydrogen) atoms. The predicted molar refractivity (Wildman–Crippen MR) is 84.1 cm³/mol. The van der Waals surface area contributed by atoms with Gasteiger partial charge in [0.2, 0.25) is 0 Å². The Morgan fingerprint density at radius 3 is 2.47 bits per heavy atom. The quantitative estimate of drug-likeness (QED) is 0.490. The van der Waals surface area contributed by atoms with Crippen molar-refractivity contribution in [2.75, 3.05) is 5.32 Å². The summed E-state index contributed by atoms with van der Waals surface area (Å²) in [6, 6.07) is 16.3. The number of hydrogen-bond acceptors (Lipinski definition) is 2. The molecule has 2 rings (SSSR count). The van der Waals surface area contributed by atoms with Gasteiger partial charge in [-0.2, -0.15) is 0 Å². The van der Waals surface area contributed by atoms with Crippen molar-refractivity contribution in [3.8, 4) is 0 Å². The number of hydrogen-bond donors (Lipinski definition) is 1.